The monoisotopic (exact) mass is 349 g/mol. The molecule has 1 rings (SSSR count). The quantitative estimate of drug-likeness (QED) is 0.760. The first-order chi connectivity index (χ1) is 5.95. The molecule has 0 aliphatic heterocycles. The van der Waals surface area contributed by atoms with Gasteiger partial charge in [-0.15, -0.1) is 0 Å². The van der Waals surface area contributed by atoms with E-state index in [1.807, 2.05) is 14.1 Å². The van der Waals surface area contributed by atoms with Crippen LogP contribution in [0, 0.1) is 17.7 Å². The molecule has 0 spiro atoms. The molecule has 0 aliphatic carbocycles. The van der Waals surface area contributed by atoms with E-state index in [9.17, 15) is 0 Å². The maximum absolute atomic E-state index is 4.56. The number of rotatable bonds is 1. The van der Waals surface area contributed by atoms with Gasteiger partial charge in [-0.2, -0.15) is 0 Å². The second-order valence-electron chi connectivity index (χ2n) is 3.38. The second kappa shape index (κ2) is 3.75. The molecule has 3 nitrogen and oxygen atoms in total. The van der Waals surface area contributed by atoms with Crippen molar-refractivity contribution in [2.75, 3.05) is 19.0 Å². The van der Waals surface area contributed by atoms with Gasteiger partial charge >= 0.3 is 89.7 Å². The Kier molecular flexibility index (Phi) is 3.07. The van der Waals surface area contributed by atoms with Crippen LogP contribution in [-0.2, 0) is 26.4 Å². The molecule has 0 fully saturated rings. The van der Waals surface area contributed by atoms with Crippen LogP contribution in [0.2, 0.25) is 0 Å². The molecule has 4 heteroatoms. The van der Waals surface area contributed by atoms with Gasteiger partial charge < -0.3 is 0 Å². The second-order valence-corrected chi connectivity index (χ2v) is 4.69. The molecular weight excluding hydrogens is 334 g/mol. The molecule has 0 bridgehead atoms. The molecule has 0 atom stereocenters. The van der Waals surface area contributed by atoms with E-state index in [1.54, 1.807) is 0 Å². The first kappa shape index (κ1) is 10.6. The van der Waals surface area contributed by atoms with Gasteiger partial charge in [0.05, 0.1) is 0 Å². The summed E-state index contributed by atoms with van der Waals surface area (Å²) in [5, 5.41) is 0. The third-order valence-corrected chi connectivity index (χ3v) is 3.61. The fourth-order valence-electron chi connectivity index (χ4n) is 1.24. The van der Waals surface area contributed by atoms with Gasteiger partial charge in [-0.25, -0.2) is 0 Å². The number of hydrogen-bond donors (Lipinski definition) is 0. The van der Waals surface area contributed by atoms with Gasteiger partial charge in [-0.05, 0) is 0 Å². The standard InChI is InChI=1S/C9H15N3.W/c1-7-8(2)12(5)6-10-9(7)11(3)4;/h1-5H3;. The van der Waals surface area contributed by atoms with Gasteiger partial charge in [0.25, 0.3) is 0 Å². The molecule has 1 heterocycles. The van der Waals surface area contributed by atoms with Crippen LogP contribution in [-0.4, -0.2) is 23.6 Å². The molecule has 0 unspecified atom stereocenters. The Balaban J connectivity index is 3.50. The van der Waals surface area contributed by atoms with Crippen LogP contribution in [0.25, 0.3) is 0 Å². The summed E-state index contributed by atoms with van der Waals surface area (Å²) in [5.74, 6) is 1.08. The van der Waals surface area contributed by atoms with Crippen LogP contribution in [0.5, 0.6) is 0 Å². The first-order valence-electron chi connectivity index (χ1n) is 4.16. The van der Waals surface area contributed by atoms with E-state index < -0.39 is 0 Å². The van der Waals surface area contributed by atoms with Crippen LogP contribution in [0.15, 0.2) is 0 Å². The molecule has 0 aromatic carbocycles. The van der Waals surface area contributed by atoms with Crippen molar-refractivity contribution in [1.82, 2.24) is 9.55 Å². The Labute approximate surface area is 89.8 Å². The van der Waals surface area contributed by atoms with Crippen LogP contribution in [0.3, 0.4) is 0 Å². The summed E-state index contributed by atoms with van der Waals surface area (Å²) in [7, 11) is 6.13. The minimum atomic E-state index is 1.08. The summed E-state index contributed by atoms with van der Waals surface area (Å²) in [6, 6.07) is 0. The Morgan fingerprint density at radius 3 is 2.31 bits per heavy atom. The molecule has 13 heavy (non-hydrogen) atoms. The minimum absolute atomic E-state index is 1.08. The van der Waals surface area contributed by atoms with Crippen LogP contribution >= 0.6 is 0 Å². The Hall–Kier alpha value is -0.432. The Bertz CT molecular complexity index is 379. The van der Waals surface area contributed by atoms with Crippen molar-refractivity contribution in [3.8, 4) is 0 Å². The summed E-state index contributed by atoms with van der Waals surface area (Å²) in [6.07, 6.45) is 0. The van der Waals surface area contributed by atoms with E-state index in [-0.39, 0.29) is 0 Å². The van der Waals surface area contributed by atoms with Crippen molar-refractivity contribution in [2.24, 2.45) is 7.05 Å². The van der Waals surface area contributed by atoms with E-state index in [4.69, 9.17) is 0 Å². The molecule has 0 saturated carbocycles. The third-order valence-electron chi connectivity index (χ3n) is 2.29. The first-order valence-corrected chi connectivity index (χ1v) is 5.63. The molecule has 1 aromatic rings. The Morgan fingerprint density at radius 2 is 1.85 bits per heavy atom. The van der Waals surface area contributed by atoms with E-state index in [0.29, 0.717) is 0 Å². The van der Waals surface area contributed by atoms with Crippen LogP contribution < -0.4 is 4.90 Å². The normalized spacial score (nSPS) is 10.2. The van der Waals surface area contributed by atoms with Gasteiger partial charge in [0.1, 0.15) is 0 Å². The predicted molar refractivity (Wildman–Crippen MR) is 50.3 cm³/mol. The Morgan fingerprint density at radius 1 is 1.31 bits per heavy atom. The SMILES string of the molecule is Cc1c(N(C)C)n[c](=[W])n(C)c1C. The van der Waals surface area contributed by atoms with Crippen LogP contribution in [0.4, 0.5) is 5.82 Å². The average molecular weight is 349 g/mol. The van der Waals surface area contributed by atoms with Gasteiger partial charge in [0.2, 0.25) is 0 Å². The zero-order valence-electron chi connectivity index (χ0n) is 8.75. The molecule has 0 saturated heterocycles. The van der Waals surface area contributed by atoms with Crippen molar-refractivity contribution in [3.05, 3.63) is 15.1 Å². The summed E-state index contributed by atoms with van der Waals surface area (Å²) in [6.45, 7) is 4.25. The molecule has 0 radical (unpaired) electrons. The number of aromatic nitrogens is 2. The van der Waals surface area contributed by atoms with Crippen molar-refractivity contribution < 1.29 is 19.4 Å². The summed E-state index contributed by atoms with van der Waals surface area (Å²) < 4.78 is 3.28. The molecule has 72 valence electrons. The van der Waals surface area contributed by atoms with Crippen molar-refractivity contribution >= 4 is 5.82 Å². The van der Waals surface area contributed by atoms with Crippen molar-refractivity contribution in [3.63, 3.8) is 0 Å². The molecule has 1 aromatic heterocycles. The zero-order valence-corrected chi connectivity index (χ0v) is 11.7. The number of nitrogens with zero attached hydrogens (tertiary/aromatic N) is 3. The number of hydrogen-bond acceptors (Lipinski definition) is 2. The summed E-state index contributed by atoms with van der Waals surface area (Å²) >= 11 is 1.41. The fraction of sp³-hybridized carbons (Fsp3) is 0.556. The number of anilines is 1. The van der Waals surface area contributed by atoms with E-state index in [1.165, 1.54) is 30.6 Å². The van der Waals surface area contributed by atoms with E-state index in [0.717, 1.165) is 9.62 Å². The van der Waals surface area contributed by atoms with E-state index >= 15 is 0 Å². The van der Waals surface area contributed by atoms with Gasteiger partial charge in [0, 0.05) is 0 Å². The van der Waals surface area contributed by atoms with Crippen molar-refractivity contribution in [2.45, 2.75) is 13.8 Å². The fourth-order valence-corrected chi connectivity index (χ4v) is 2.04. The zero-order chi connectivity index (χ0) is 10.2. The molecular formula is C9H15N3W. The molecule has 0 amide bonds. The third kappa shape index (κ3) is 1.91. The molecule has 0 N–H and O–H groups in total. The average Bonchev–Trinajstić information content (AvgIpc) is 2.07. The maximum atomic E-state index is 4.56. The van der Waals surface area contributed by atoms with Gasteiger partial charge in [-0.1, -0.05) is 0 Å². The molecule has 0 aliphatic rings. The van der Waals surface area contributed by atoms with Gasteiger partial charge in [-0.3, -0.25) is 0 Å². The van der Waals surface area contributed by atoms with Crippen LogP contribution in [0.1, 0.15) is 11.3 Å². The van der Waals surface area contributed by atoms with Crippen molar-refractivity contribution in [1.29, 1.82) is 0 Å². The predicted octanol–water partition coefficient (Wildman–Crippen LogP) is 1.18. The van der Waals surface area contributed by atoms with Gasteiger partial charge in [0.15, 0.2) is 0 Å². The summed E-state index contributed by atoms with van der Waals surface area (Å²) in [4.78, 5) is 6.62. The summed E-state index contributed by atoms with van der Waals surface area (Å²) in [5.41, 5.74) is 2.56. The van der Waals surface area contributed by atoms with E-state index in [2.05, 4.69) is 35.3 Å². The topological polar surface area (TPSA) is 21.1 Å².